The highest BCUT2D eigenvalue weighted by atomic mass is 19.1. The highest BCUT2D eigenvalue weighted by Crippen LogP contribution is 2.21. The molecule has 1 saturated heterocycles. The van der Waals surface area contributed by atoms with Crippen LogP contribution in [0.15, 0.2) is 61.2 Å². The standard InChI is InChI=1S/C22H22FN5O2/c23-20-4-2-1-3-17(20)12-27-13-18(7-10-21(27)29)22(30)25-11-16-5-8-19(9-6-16)28-15-24-14-26-28/h1-6,8-9,14-15,18H,7,10-13H2,(H,25,30). The van der Waals surface area contributed by atoms with Crippen molar-refractivity contribution in [3.63, 3.8) is 0 Å². The number of carbonyl (C=O) groups is 2. The number of halogens is 1. The van der Waals surface area contributed by atoms with E-state index >= 15 is 0 Å². The minimum absolute atomic E-state index is 0.0500. The molecule has 2 aromatic carbocycles. The van der Waals surface area contributed by atoms with E-state index in [1.807, 2.05) is 24.3 Å². The van der Waals surface area contributed by atoms with Gasteiger partial charge in [0.25, 0.3) is 0 Å². The van der Waals surface area contributed by atoms with Crippen LogP contribution < -0.4 is 5.32 Å². The molecule has 1 unspecified atom stereocenters. The summed E-state index contributed by atoms with van der Waals surface area (Å²) in [7, 11) is 0. The second-order valence-electron chi connectivity index (χ2n) is 7.33. The van der Waals surface area contributed by atoms with Crippen molar-refractivity contribution >= 4 is 11.8 Å². The van der Waals surface area contributed by atoms with Gasteiger partial charge in [0.15, 0.2) is 0 Å². The zero-order chi connectivity index (χ0) is 20.9. The molecule has 1 atom stereocenters. The molecule has 4 rings (SSSR count). The molecule has 2 amide bonds. The fourth-order valence-electron chi connectivity index (χ4n) is 3.56. The predicted molar refractivity (Wildman–Crippen MR) is 108 cm³/mol. The van der Waals surface area contributed by atoms with E-state index in [0.717, 1.165) is 11.3 Å². The summed E-state index contributed by atoms with van der Waals surface area (Å²) in [5.74, 6) is -0.789. The van der Waals surface area contributed by atoms with E-state index in [-0.39, 0.29) is 30.1 Å². The monoisotopic (exact) mass is 407 g/mol. The molecule has 3 aromatic rings. The summed E-state index contributed by atoms with van der Waals surface area (Å²) in [5, 5.41) is 7.03. The van der Waals surface area contributed by atoms with E-state index in [9.17, 15) is 14.0 Å². The Morgan fingerprint density at radius 1 is 1.17 bits per heavy atom. The van der Waals surface area contributed by atoms with Gasteiger partial charge in [0.05, 0.1) is 11.6 Å². The first-order chi connectivity index (χ1) is 14.6. The molecule has 1 fully saturated rings. The Morgan fingerprint density at radius 2 is 1.97 bits per heavy atom. The number of nitrogens with one attached hydrogen (secondary N) is 1. The molecule has 0 saturated carbocycles. The predicted octanol–water partition coefficient (Wildman–Crippen LogP) is 2.46. The molecule has 1 aliphatic rings. The van der Waals surface area contributed by atoms with E-state index < -0.39 is 0 Å². The SMILES string of the molecule is O=C(NCc1ccc(-n2cncn2)cc1)C1CCC(=O)N(Cc2ccccc2F)C1. The van der Waals surface area contributed by atoms with Crippen LogP contribution in [0.2, 0.25) is 0 Å². The highest BCUT2D eigenvalue weighted by Gasteiger charge is 2.30. The lowest BCUT2D eigenvalue weighted by molar-refractivity contribution is -0.139. The number of carbonyl (C=O) groups excluding carboxylic acids is 2. The van der Waals surface area contributed by atoms with Gasteiger partial charge in [0.1, 0.15) is 18.5 Å². The fraction of sp³-hybridized carbons (Fsp3) is 0.273. The van der Waals surface area contributed by atoms with Crippen LogP contribution in [0.3, 0.4) is 0 Å². The summed E-state index contributed by atoms with van der Waals surface area (Å²) in [6.45, 7) is 0.873. The lowest BCUT2D eigenvalue weighted by Gasteiger charge is -2.32. The molecule has 0 radical (unpaired) electrons. The van der Waals surface area contributed by atoms with Crippen LogP contribution >= 0.6 is 0 Å². The Balaban J connectivity index is 1.33. The molecule has 7 nitrogen and oxygen atoms in total. The Morgan fingerprint density at radius 3 is 2.70 bits per heavy atom. The normalized spacial score (nSPS) is 16.5. The quantitative estimate of drug-likeness (QED) is 0.681. The maximum absolute atomic E-state index is 13.9. The summed E-state index contributed by atoms with van der Waals surface area (Å²) in [6, 6.07) is 14.1. The maximum Gasteiger partial charge on any atom is 0.225 e. The van der Waals surface area contributed by atoms with Gasteiger partial charge >= 0.3 is 0 Å². The van der Waals surface area contributed by atoms with Gasteiger partial charge < -0.3 is 10.2 Å². The smallest absolute Gasteiger partial charge is 0.225 e. The number of hydrogen-bond acceptors (Lipinski definition) is 4. The third-order valence-corrected chi connectivity index (χ3v) is 5.28. The van der Waals surface area contributed by atoms with E-state index in [1.165, 1.54) is 12.4 Å². The second-order valence-corrected chi connectivity index (χ2v) is 7.33. The zero-order valence-corrected chi connectivity index (χ0v) is 16.4. The van der Waals surface area contributed by atoms with Gasteiger partial charge in [0, 0.05) is 31.6 Å². The van der Waals surface area contributed by atoms with Crippen LogP contribution in [0.1, 0.15) is 24.0 Å². The van der Waals surface area contributed by atoms with Crippen molar-refractivity contribution in [2.45, 2.75) is 25.9 Å². The van der Waals surface area contributed by atoms with E-state index in [0.29, 0.717) is 31.5 Å². The van der Waals surface area contributed by atoms with Gasteiger partial charge in [-0.1, -0.05) is 30.3 Å². The van der Waals surface area contributed by atoms with Crippen LogP contribution in [-0.2, 0) is 22.7 Å². The lowest BCUT2D eigenvalue weighted by atomic mass is 9.96. The molecule has 30 heavy (non-hydrogen) atoms. The number of rotatable bonds is 6. The number of amides is 2. The van der Waals surface area contributed by atoms with Gasteiger partial charge in [-0.25, -0.2) is 14.1 Å². The Bertz CT molecular complexity index is 1020. The molecular formula is C22H22FN5O2. The van der Waals surface area contributed by atoms with Crippen molar-refractivity contribution in [3.8, 4) is 5.69 Å². The lowest BCUT2D eigenvalue weighted by Crippen LogP contribution is -2.45. The van der Waals surface area contributed by atoms with Crippen molar-refractivity contribution in [1.29, 1.82) is 0 Å². The maximum atomic E-state index is 13.9. The van der Waals surface area contributed by atoms with Gasteiger partial charge in [-0.2, -0.15) is 5.10 Å². The highest BCUT2D eigenvalue weighted by molar-refractivity contribution is 5.83. The molecule has 1 aromatic heterocycles. The van der Waals surface area contributed by atoms with E-state index in [4.69, 9.17) is 0 Å². The van der Waals surface area contributed by atoms with Crippen LogP contribution in [0.4, 0.5) is 4.39 Å². The average molecular weight is 407 g/mol. The molecule has 0 aliphatic carbocycles. The third-order valence-electron chi connectivity index (χ3n) is 5.28. The zero-order valence-electron chi connectivity index (χ0n) is 16.4. The first-order valence-corrected chi connectivity index (χ1v) is 9.83. The van der Waals surface area contributed by atoms with E-state index in [1.54, 1.807) is 34.1 Å². The molecule has 1 aliphatic heterocycles. The largest absolute Gasteiger partial charge is 0.352 e. The molecule has 0 bridgehead atoms. The van der Waals surface area contributed by atoms with Gasteiger partial charge in [0.2, 0.25) is 11.8 Å². The van der Waals surface area contributed by atoms with E-state index in [2.05, 4.69) is 15.4 Å². The second kappa shape index (κ2) is 8.86. The number of benzene rings is 2. The van der Waals surface area contributed by atoms with Crippen LogP contribution in [0.5, 0.6) is 0 Å². The van der Waals surface area contributed by atoms with Crippen molar-refractivity contribution in [3.05, 3.63) is 78.1 Å². The number of nitrogens with zero attached hydrogens (tertiary/aromatic N) is 4. The Hall–Kier alpha value is -3.55. The van der Waals surface area contributed by atoms with Gasteiger partial charge in [-0.3, -0.25) is 9.59 Å². The summed E-state index contributed by atoms with van der Waals surface area (Å²) in [5.41, 5.74) is 2.30. The minimum Gasteiger partial charge on any atom is -0.352 e. The van der Waals surface area contributed by atoms with Crippen LogP contribution in [-0.4, -0.2) is 38.0 Å². The summed E-state index contributed by atoms with van der Waals surface area (Å²) in [6.07, 6.45) is 3.88. The van der Waals surface area contributed by atoms with Crippen LogP contribution in [0.25, 0.3) is 5.69 Å². The minimum atomic E-state index is -0.341. The average Bonchev–Trinajstić information content (AvgIpc) is 3.30. The van der Waals surface area contributed by atoms with Crippen LogP contribution in [0, 0.1) is 11.7 Å². The molecule has 0 spiro atoms. The first kappa shape index (κ1) is 19.8. The Labute approximate surface area is 173 Å². The number of hydrogen-bond donors (Lipinski definition) is 1. The topological polar surface area (TPSA) is 80.1 Å². The van der Waals surface area contributed by atoms with Crippen molar-refractivity contribution in [1.82, 2.24) is 25.0 Å². The number of piperidine rings is 1. The third kappa shape index (κ3) is 4.53. The fourth-order valence-corrected chi connectivity index (χ4v) is 3.56. The molecule has 154 valence electrons. The molecule has 1 N–H and O–H groups in total. The summed E-state index contributed by atoms with van der Waals surface area (Å²) in [4.78, 5) is 30.4. The van der Waals surface area contributed by atoms with Crippen molar-refractivity contribution < 1.29 is 14.0 Å². The molecular weight excluding hydrogens is 385 g/mol. The number of aromatic nitrogens is 3. The Kier molecular flexibility index (Phi) is 5.83. The summed E-state index contributed by atoms with van der Waals surface area (Å²) >= 11 is 0. The molecule has 2 heterocycles. The van der Waals surface area contributed by atoms with Crippen molar-refractivity contribution in [2.24, 2.45) is 5.92 Å². The summed E-state index contributed by atoms with van der Waals surface area (Å²) < 4.78 is 15.6. The first-order valence-electron chi connectivity index (χ1n) is 9.83. The van der Waals surface area contributed by atoms with Gasteiger partial charge in [-0.05, 0) is 30.2 Å². The molecule has 8 heteroatoms. The van der Waals surface area contributed by atoms with Crippen molar-refractivity contribution in [2.75, 3.05) is 6.54 Å². The van der Waals surface area contributed by atoms with Gasteiger partial charge in [-0.15, -0.1) is 0 Å². The number of likely N-dealkylation sites (tertiary alicyclic amines) is 1.